The Labute approximate surface area is 119 Å². The first-order valence-corrected chi connectivity index (χ1v) is 6.98. The van der Waals surface area contributed by atoms with Crippen LogP contribution in [-0.4, -0.2) is 38.8 Å². The van der Waals surface area contributed by atoms with E-state index in [0.29, 0.717) is 12.6 Å². The molecule has 1 amide bonds. The van der Waals surface area contributed by atoms with Crippen LogP contribution in [0.3, 0.4) is 0 Å². The lowest BCUT2D eigenvalue weighted by atomic mass is 10.2. The van der Waals surface area contributed by atoms with E-state index in [1.807, 2.05) is 24.3 Å². The monoisotopic (exact) mass is 278 g/mol. The third-order valence-electron chi connectivity index (χ3n) is 3.02. The van der Waals surface area contributed by atoms with Gasteiger partial charge in [-0.1, -0.05) is 12.1 Å². The third-order valence-corrected chi connectivity index (χ3v) is 3.02. The molecule has 0 bridgehead atoms. The van der Waals surface area contributed by atoms with E-state index in [9.17, 15) is 4.79 Å². The lowest BCUT2D eigenvalue weighted by Gasteiger charge is -2.09. The van der Waals surface area contributed by atoms with Crippen molar-refractivity contribution in [1.82, 2.24) is 10.6 Å². The maximum atomic E-state index is 11.5. The molecule has 2 N–H and O–H groups in total. The summed E-state index contributed by atoms with van der Waals surface area (Å²) in [5.41, 5.74) is 1.13. The SMILES string of the molecule is COCCNCc1cccc(OCC(=O)NC2CC2)c1. The van der Waals surface area contributed by atoms with E-state index in [0.717, 1.165) is 37.2 Å². The predicted molar refractivity (Wildman–Crippen MR) is 76.7 cm³/mol. The molecule has 1 aromatic rings. The zero-order valence-electron chi connectivity index (χ0n) is 11.9. The van der Waals surface area contributed by atoms with Gasteiger partial charge < -0.3 is 20.1 Å². The highest BCUT2D eigenvalue weighted by molar-refractivity contribution is 5.78. The van der Waals surface area contributed by atoms with Gasteiger partial charge in [0.2, 0.25) is 0 Å². The lowest BCUT2D eigenvalue weighted by Crippen LogP contribution is -2.30. The fraction of sp³-hybridized carbons (Fsp3) is 0.533. The summed E-state index contributed by atoms with van der Waals surface area (Å²) < 4.78 is 10.5. The average Bonchev–Trinajstić information content (AvgIpc) is 3.26. The second-order valence-corrected chi connectivity index (χ2v) is 4.95. The molecule has 5 nitrogen and oxygen atoms in total. The van der Waals surface area contributed by atoms with Crippen LogP contribution >= 0.6 is 0 Å². The van der Waals surface area contributed by atoms with Gasteiger partial charge in [0.25, 0.3) is 5.91 Å². The third kappa shape index (κ3) is 5.59. The number of carbonyl (C=O) groups excluding carboxylic acids is 1. The van der Waals surface area contributed by atoms with Gasteiger partial charge in [-0.15, -0.1) is 0 Å². The molecule has 0 saturated heterocycles. The molecule has 0 spiro atoms. The number of nitrogens with one attached hydrogen (secondary N) is 2. The van der Waals surface area contributed by atoms with E-state index in [-0.39, 0.29) is 12.5 Å². The van der Waals surface area contributed by atoms with Gasteiger partial charge in [-0.2, -0.15) is 0 Å². The molecule has 1 fully saturated rings. The van der Waals surface area contributed by atoms with Crippen molar-refractivity contribution >= 4 is 5.91 Å². The van der Waals surface area contributed by atoms with E-state index in [2.05, 4.69) is 10.6 Å². The minimum Gasteiger partial charge on any atom is -0.484 e. The van der Waals surface area contributed by atoms with Crippen LogP contribution in [0, 0.1) is 0 Å². The van der Waals surface area contributed by atoms with Crippen LogP contribution in [0.5, 0.6) is 5.75 Å². The number of benzene rings is 1. The van der Waals surface area contributed by atoms with Gasteiger partial charge in [-0.3, -0.25) is 4.79 Å². The van der Waals surface area contributed by atoms with E-state index < -0.39 is 0 Å². The van der Waals surface area contributed by atoms with E-state index in [1.165, 1.54) is 0 Å². The molecular weight excluding hydrogens is 256 g/mol. The second-order valence-electron chi connectivity index (χ2n) is 4.95. The van der Waals surface area contributed by atoms with Crippen molar-refractivity contribution in [3.63, 3.8) is 0 Å². The van der Waals surface area contributed by atoms with Crippen molar-refractivity contribution in [2.75, 3.05) is 26.9 Å². The van der Waals surface area contributed by atoms with Crippen LogP contribution in [0.4, 0.5) is 0 Å². The molecule has 1 aliphatic carbocycles. The van der Waals surface area contributed by atoms with Crippen molar-refractivity contribution in [2.24, 2.45) is 0 Å². The van der Waals surface area contributed by atoms with Gasteiger partial charge in [0.15, 0.2) is 6.61 Å². The largest absolute Gasteiger partial charge is 0.484 e. The number of hydrogen-bond donors (Lipinski definition) is 2. The molecule has 0 aromatic heterocycles. The summed E-state index contributed by atoms with van der Waals surface area (Å²) in [6, 6.07) is 8.15. The molecule has 2 rings (SSSR count). The summed E-state index contributed by atoms with van der Waals surface area (Å²) in [5.74, 6) is 0.679. The lowest BCUT2D eigenvalue weighted by molar-refractivity contribution is -0.123. The summed E-state index contributed by atoms with van der Waals surface area (Å²) in [5, 5.41) is 6.17. The van der Waals surface area contributed by atoms with Crippen molar-refractivity contribution in [3.8, 4) is 5.75 Å². The Hall–Kier alpha value is -1.59. The molecule has 1 aromatic carbocycles. The number of hydrogen-bond acceptors (Lipinski definition) is 4. The molecule has 0 heterocycles. The van der Waals surface area contributed by atoms with Crippen LogP contribution in [0.15, 0.2) is 24.3 Å². The standard InChI is InChI=1S/C15H22N2O3/c1-19-8-7-16-10-12-3-2-4-14(9-12)20-11-15(18)17-13-5-6-13/h2-4,9,13,16H,5-8,10-11H2,1H3,(H,17,18). The van der Waals surface area contributed by atoms with Gasteiger partial charge in [0.05, 0.1) is 6.61 Å². The predicted octanol–water partition coefficient (Wildman–Crippen LogP) is 1.08. The first kappa shape index (κ1) is 14.8. The Kier molecular flexibility index (Phi) is 5.83. The molecule has 20 heavy (non-hydrogen) atoms. The Morgan fingerprint density at radius 1 is 1.40 bits per heavy atom. The minimum absolute atomic E-state index is 0.0453. The number of methoxy groups -OCH3 is 1. The molecular formula is C15H22N2O3. The van der Waals surface area contributed by atoms with Crippen molar-refractivity contribution < 1.29 is 14.3 Å². The Balaban J connectivity index is 1.71. The van der Waals surface area contributed by atoms with Crippen LogP contribution in [0.1, 0.15) is 18.4 Å². The zero-order valence-corrected chi connectivity index (χ0v) is 11.9. The molecule has 0 radical (unpaired) electrons. The molecule has 0 atom stereocenters. The van der Waals surface area contributed by atoms with E-state index in [1.54, 1.807) is 7.11 Å². The molecule has 110 valence electrons. The Bertz CT molecular complexity index is 433. The van der Waals surface area contributed by atoms with E-state index in [4.69, 9.17) is 9.47 Å². The summed E-state index contributed by atoms with van der Waals surface area (Å²) in [6.07, 6.45) is 2.18. The van der Waals surface area contributed by atoms with Gasteiger partial charge >= 0.3 is 0 Å². The molecule has 1 aliphatic rings. The quantitative estimate of drug-likeness (QED) is 0.664. The molecule has 0 aliphatic heterocycles. The topological polar surface area (TPSA) is 59.6 Å². The van der Waals surface area contributed by atoms with Crippen LogP contribution in [0.2, 0.25) is 0 Å². The van der Waals surface area contributed by atoms with Gasteiger partial charge in [-0.25, -0.2) is 0 Å². The fourth-order valence-corrected chi connectivity index (χ4v) is 1.80. The first-order chi connectivity index (χ1) is 9.78. The van der Waals surface area contributed by atoms with Crippen LogP contribution in [0.25, 0.3) is 0 Å². The molecule has 1 saturated carbocycles. The van der Waals surface area contributed by atoms with Crippen LogP contribution in [-0.2, 0) is 16.1 Å². The number of rotatable bonds is 9. The average molecular weight is 278 g/mol. The van der Waals surface area contributed by atoms with Gasteiger partial charge in [0, 0.05) is 26.2 Å². The normalized spacial score (nSPS) is 14.1. The highest BCUT2D eigenvalue weighted by Gasteiger charge is 2.23. The molecule has 0 unspecified atom stereocenters. The fourth-order valence-electron chi connectivity index (χ4n) is 1.80. The van der Waals surface area contributed by atoms with Gasteiger partial charge in [0.1, 0.15) is 5.75 Å². The number of amides is 1. The summed E-state index contributed by atoms with van der Waals surface area (Å²) in [4.78, 5) is 11.5. The number of carbonyl (C=O) groups is 1. The van der Waals surface area contributed by atoms with E-state index >= 15 is 0 Å². The van der Waals surface area contributed by atoms with Crippen molar-refractivity contribution in [1.29, 1.82) is 0 Å². The minimum atomic E-state index is -0.0453. The number of ether oxygens (including phenoxy) is 2. The van der Waals surface area contributed by atoms with Crippen molar-refractivity contribution in [3.05, 3.63) is 29.8 Å². The Morgan fingerprint density at radius 2 is 2.25 bits per heavy atom. The maximum Gasteiger partial charge on any atom is 0.258 e. The summed E-state index contributed by atoms with van der Waals surface area (Å²) in [7, 11) is 1.68. The Morgan fingerprint density at radius 3 is 3.00 bits per heavy atom. The molecule has 5 heteroatoms. The second kappa shape index (κ2) is 7.87. The smallest absolute Gasteiger partial charge is 0.258 e. The highest BCUT2D eigenvalue weighted by Crippen LogP contribution is 2.18. The van der Waals surface area contributed by atoms with Gasteiger partial charge in [-0.05, 0) is 30.5 Å². The first-order valence-electron chi connectivity index (χ1n) is 6.98. The summed E-state index contributed by atoms with van der Waals surface area (Å²) in [6.45, 7) is 2.34. The highest BCUT2D eigenvalue weighted by atomic mass is 16.5. The maximum absolute atomic E-state index is 11.5. The zero-order chi connectivity index (χ0) is 14.2. The summed E-state index contributed by atoms with van der Waals surface area (Å²) >= 11 is 0. The van der Waals surface area contributed by atoms with Crippen LogP contribution < -0.4 is 15.4 Å². The van der Waals surface area contributed by atoms with Crippen molar-refractivity contribution in [2.45, 2.75) is 25.4 Å².